The third-order valence-corrected chi connectivity index (χ3v) is 3.68. The van der Waals surface area contributed by atoms with Gasteiger partial charge in [-0.1, -0.05) is 22.9 Å². The summed E-state index contributed by atoms with van der Waals surface area (Å²) in [5.74, 6) is 0.949. The molecule has 0 saturated heterocycles. The van der Waals surface area contributed by atoms with Crippen molar-refractivity contribution in [3.63, 3.8) is 0 Å². The maximum absolute atomic E-state index is 5.80. The normalized spacial score (nSPS) is 10.6. The standard InChI is InChI=1S/C16H21BrN2O/c1-4-9-20-16-8-7-15(17)10-14(16)11-18-19-12(2)5-6-13(19)3/h5-8,10,18H,4,9,11H2,1-3H3. The lowest BCUT2D eigenvalue weighted by Crippen LogP contribution is -2.17. The van der Waals surface area contributed by atoms with Gasteiger partial charge in [-0.05, 0) is 50.6 Å². The average molecular weight is 337 g/mol. The second kappa shape index (κ2) is 6.84. The average Bonchev–Trinajstić information content (AvgIpc) is 2.75. The SMILES string of the molecule is CCCOc1ccc(Br)cc1CNn1c(C)ccc1C. The first-order valence-corrected chi connectivity index (χ1v) is 7.71. The Balaban J connectivity index is 2.13. The van der Waals surface area contributed by atoms with Gasteiger partial charge in [0.2, 0.25) is 0 Å². The molecule has 0 aliphatic heterocycles. The molecule has 0 radical (unpaired) electrons. The van der Waals surface area contributed by atoms with Crippen LogP contribution in [0.4, 0.5) is 0 Å². The van der Waals surface area contributed by atoms with Crippen LogP contribution < -0.4 is 10.2 Å². The number of hydrogen-bond acceptors (Lipinski definition) is 2. The molecule has 0 spiro atoms. The summed E-state index contributed by atoms with van der Waals surface area (Å²) in [6.45, 7) is 7.78. The first-order chi connectivity index (χ1) is 9.61. The first kappa shape index (κ1) is 15.0. The first-order valence-electron chi connectivity index (χ1n) is 6.92. The van der Waals surface area contributed by atoms with Crippen molar-refractivity contribution in [3.8, 4) is 5.75 Å². The third kappa shape index (κ3) is 3.57. The number of aryl methyl sites for hydroxylation is 2. The summed E-state index contributed by atoms with van der Waals surface area (Å²) < 4.78 is 8.97. The van der Waals surface area contributed by atoms with E-state index in [1.165, 1.54) is 11.4 Å². The van der Waals surface area contributed by atoms with E-state index in [0.717, 1.165) is 35.4 Å². The van der Waals surface area contributed by atoms with Gasteiger partial charge < -0.3 is 10.2 Å². The summed E-state index contributed by atoms with van der Waals surface area (Å²) in [6.07, 6.45) is 1.01. The highest BCUT2D eigenvalue weighted by atomic mass is 79.9. The number of halogens is 1. The van der Waals surface area contributed by atoms with Gasteiger partial charge in [-0.15, -0.1) is 0 Å². The Bertz CT molecular complexity index is 558. The van der Waals surface area contributed by atoms with Crippen molar-refractivity contribution in [1.29, 1.82) is 0 Å². The zero-order valence-corrected chi connectivity index (χ0v) is 13.8. The fourth-order valence-corrected chi connectivity index (χ4v) is 2.53. The van der Waals surface area contributed by atoms with Gasteiger partial charge in [0.15, 0.2) is 0 Å². The van der Waals surface area contributed by atoms with Crippen LogP contribution in [-0.4, -0.2) is 11.3 Å². The number of ether oxygens (including phenoxy) is 1. The molecule has 1 heterocycles. The monoisotopic (exact) mass is 336 g/mol. The lowest BCUT2D eigenvalue weighted by molar-refractivity contribution is 0.314. The lowest BCUT2D eigenvalue weighted by Gasteiger charge is -2.16. The van der Waals surface area contributed by atoms with Gasteiger partial charge >= 0.3 is 0 Å². The van der Waals surface area contributed by atoms with Crippen LogP contribution in [0.25, 0.3) is 0 Å². The van der Waals surface area contributed by atoms with E-state index in [1.807, 2.05) is 12.1 Å². The van der Waals surface area contributed by atoms with Crippen molar-refractivity contribution < 1.29 is 4.74 Å². The molecule has 0 aliphatic rings. The quantitative estimate of drug-likeness (QED) is 0.846. The molecule has 4 heteroatoms. The third-order valence-electron chi connectivity index (χ3n) is 3.18. The van der Waals surface area contributed by atoms with Crippen LogP contribution >= 0.6 is 15.9 Å². The zero-order chi connectivity index (χ0) is 14.5. The molecule has 2 rings (SSSR count). The molecule has 0 amide bonds. The lowest BCUT2D eigenvalue weighted by atomic mass is 10.2. The zero-order valence-electron chi connectivity index (χ0n) is 12.2. The number of nitrogens with zero attached hydrogens (tertiary/aromatic N) is 1. The summed E-state index contributed by atoms with van der Waals surface area (Å²) in [6, 6.07) is 10.4. The van der Waals surface area contributed by atoms with E-state index in [2.05, 4.69) is 65.0 Å². The molecule has 0 aliphatic carbocycles. The maximum atomic E-state index is 5.80. The number of nitrogens with one attached hydrogen (secondary N) is 1. The van der Waals surface area contributed by atoms with Crippen LogP contribution in [0.2, 0.25) is 0 Å². The van der Waals surface area contributed by atoms with E-state index in [1.54, 1.807) is 0 Å². The Labute approximate surface area is 129 Å². The van der Waals surface area contributed by atoms with Crippen LogP contribution in [0.1, 0.15) is 30.3 Å². The predicted molar refractivity (Wildman–Crippen MR) is 86.9 cm³/mol. The van der Waals surface area contributed by atoms with Gasteiger partial charge in [-0.2, -0.15) is 0 Å². The Morgan fingerprint density at radius 2 is 1.85 bits per heavy atom. The van der Waals surface area contributed by atoms with Crippen LogP contribution in [0, 0.1) is 13.8 Å². The van der Waals surface area contributed by atoms with Crippen molar-refractivity contribution in [3.05, 3.63) is 51.8 Å². The second-order valence-electron chi connectivity index (χ2n) is 4.89. The van der Waals surface area contributed by atoms with Crippen molar-refractivity contribution in [2.75, 3.05) is 12.0 Å². The molecule has 108 valence electrons. The molecule has 0 unspecified atom stereocenters. The van der Waals surface area contributed by atoms with Crippen LogP contribution in [-0.2, 0) is 6.54 Å². The van der Waals surface area contributed by atoms with Crippen LogP contribution in [0.5, 0.6) is 5.75 Å². The molecule has 20 heavy (non-hydrogen) atoms. The highest BCUT2D eigenvalue weighted by molar-refractivity contribution is 9.10. The van der Waals surface area contributed by atoms with E-state index in [9.17, 15) is 0 Å². The van der Waals surface area contributed by atoms with Crippen LogP contribution in [0.15, 0.2) is 34.8 Å². The molecular formula is C16H21BrN2O. The van der Waals surface area contributed by atoms with Gasteiger partial charge in [-0.3, -0.25) is 4.68 Å². The molecule has 0 bridgehead atoms. The summed E-state index contributed by atoms with van der Waals surface area (Å²) in [5.41, 5.74) is 7.00. The van der Waals surface area contributed by atoms with Crippen LogP contribution in [0.3, 0.4) is 0 Å². The molecule has 1 aromatic carbocycles. The van der Waals surface area contributed by atoms with Crippen molar-refractivity contribution in [1.82, 2.24) is 4.68 Å². The molecule has 1 aromatic heterocycles. The summed E-state index contributed by atoms with van der Waals surface area (Å²) in [7, 11) is 0. The highest BCUT2D eigenvalue weighted by Gasteiger charge is 2.06. The Morgan fingerprint density at radius 3 is 2.50 bits per heavy atom. The minimum absolute atomic E-state index is 0.731. The van der Waals surface area contributed by atoms with Gasteiger partial charge in [0, 0.05) is 21.4 Å². The molecule has 0 saturated carbocycles. The van der Waals surface area contributed by atoms with Gasteiger partial charge in [-0.25, -0.2) is 0 Å². The second-order valence-corrected chi connectivity index (χ2v) is 5.80. The molecule has 2 aromatic rings. The Hall–Kier alpha value is -1.42. The van der Waals surface area contributed by atoms with Gasteiger partial charge in [0.05, 0.1) is 13.2 Å². The van der Waals surface area contributed by atoms with E-state index < -0.39 is 0 Å². The smallest absolute Gasteiger partial charge is 0.124 e. The number of rotatable bonds is 6. The van der Waals surface area contributed by atoms with Gasteiger partial charge in [0.1, 0.15) is 5.75 Å². The van der Waals surface area contributed by atoms with E-state index in [-0.39, 0.29) is 0 Å². The summed E-state index contributed by atoms with van der Waals surface area (Å²) in [5, 5.41) is 0. The van der Waals surface area contributed by atoms with E-state index in [4.69, 9.17) is 4.74 Å². The predicted octanol–water partition coefficient (Wildman–Crippen LogP) is 4.40. The number of benzene rings is 1. The largest absolute Gasteiger partial charge is 0.493 e. The topological polar surface area (TPSA) is 26.2 Å². The minimum Gasteiger partial charge on any atom is -0.493 e. The van der Waals surface area contributed by atoms with Gasteiger partial charge in [0.25, 0.3) is 0 Å². The van der Waals surface area contributed by atoms with Crippen molar-refractivity contribution in [2.45, 2.75) is 33.7 Å². The summed E-state index contributed by atoms with van der Waals surface area (Å²) in [4.78, 5) is 0. The fraction of sp³-hybridized carbons (Fsp3) is 0.375. The highest BCUT2D eigenvalue weighted by Crippen LogP contribution is 2.23. The molecule has 1 N–H and O–H groups in total. The molecule has 3 nitrogen and oxygen atoms in total. The Morgan fingerprint density at radius 1 is 1.15 bits per heavy atom. The number of hydrogen-bond donors (Lipinski definition) is 1. The molecule has 0 fully saturated rings. The van der Waals surface area contributed by atoms with Crippen molar-refractivity contribution in [2.24, 2.45) is 0 Å². The van der Waals surface area contributed by atoms with E-state index in [0.29, 0.717) is 0 Å². The molecule has 0 atom stereocenters. The van der Waals surface area contributed by atoms with E-state index >= 15 is 0 Å². The maximum Gasteiger partial charge on any atom is 0.124 e. The molecular weight excluding hydrogens is 316 g/mol. The minimum atomic E-state index is 0.731. The number of aromatic nitrogens is 1. The Kier molecular flexibility index (Phi) is 5.12. The fourth-order valence-electron chi connectivity index (χ4n) is 2.12. The van der Waals surface area contributed by atoms with Crippen molar-refractivity contribution >= 4 is 15.9 Å². The summed E-state index contributed by atoms with van der Waals surface area (Å²) >= 11 is 3.52.